The molecule has 0 bridgehead atoms. The van der Waals surface area contributed by atoms with Gasteiger partial charge in [-0.05, 0) is 35.2 Å². The first kappa shape index (κ1) is 13.5. The van der Waals surface area contributed by atoms with Gasteiger partial charge in [-0.1, -0.05) is 0 Å². The Morgan fingerprint density at radius 3 is 3.00 bits per heavy atom. The summed E-state index contributed by atoms with van der Waals surface area (Å²) < 4.78 is 0. The molecule has 2 heterocycles. The van der Waals surface area contributed by atoms with Crippen molar-refractivity contribution in [2.24, 2.45) is 0 Å². The summed E-state index contributed by atoms with van der Waals surface area (Å²) in [5.74, 6) is 2.57. The molecular weight excluding hydrogens is 276 g/mol. The van der Waals surface area contributed by atoms with E-state index in [4.69, 9.17) is 0 Å². The van der Waals surface area contributed by atoms with Gasteiger partial charge in [0.1, 0.15) is 0 Å². The van der Waals surface area contributed by atoms with E-state index in [0.29, 0.717) is 24.4 Å². The Kier molecular flexibility index (Phi) is 4.45. The second-order valence-corrected chi connectivity index (χ2v) is 7.24. The molecule has 3 rings (SSSR count). The standard InChI is InChI=1S/C14H20N2OS2/c17-14(7-12-10-19-6-4-15-12)16(13-1-2-13)8-11-3-5-18-9-11/h3,5,9,12-13,15H,1-2,4,6-8,10H2/t12-/m0/s1. The molecule has 104 valence electrons. The third-order valence-corrected chi connectivity index (χ3v) is 5.52. The van der Waals surface area contributed by atoms with Crippen LogP contribution < -0.4 is 5.32 Å². The predicted molar refractivity (Wildman–Crippen MR) is 81.6 cm³/mol. The molecule has 1 N–H and O–H groups in total. The van der Waals surface area contributed by atoms with Crippen molar-refractivity contribution in [1.82, 2.24) is 10.2 Å². The zero-order chi connectivity index (χ0) is 13.1. The van der Waals surface area contributed by atoms with E-state index in [1.165, 1.54) is 24.2 Å². The van der Waals surface area contributed by atoms with Crippen LogP contribution in [0.15, 0.2) is 16.8 Å². The third-order valence-electron chi connectivity index (χ3n) is 3.66. The number of carbonyl (C=O) groups is 1. The van der Waals surface area contributed by atoms with E-state index >= 15 is 0 Å². The summed E-state index contributed by atoms with van der Waals surface area (Å²) in [5.41, 5.74) is 1.27. The summed E-state index contributed by atoms with van der Waals surface area (Å²) in [6, 6.07) is 3.00. The van der Waals surface area contributed by atoms with Crippen LogP contribution in [0.1, 0.15) is 24.8 Å². The van der Waals surface area contributed by atoms with Crippen LogP contribution in [0, 0.1) is 0 Å². The van der Waals surface area contributed by atoms with E-state index in [9.17, 15) is 4.79 Å². The van der Waals surface area contributed by atoms with Crippen LogP contribution in [0.2, 0.25) is 0 Å². The summed E-state index contributed by atoms with van der Waals surface area (Å²) in [5, 5.41) is 7.69. The predicted octanol–water partition coefficient (Wildman–Crippen LogP) is 2.33. The molecule has 19 heavy (non-hydrogen) atoms. The normalized spacial score (nSPS) is 23.3. The van der Waals surface area contributed by atoms with Gasteiger partial charge in [-0.3, -0.25) is 4.79 Å². The number of nitrogens with zero attached hydrogens (tertiary/aromatic N) is 1. The van der Waals surface area contributed by atoms with Crippen LogP contribution in [0.3, 0.4) is 0 Å². The Labute approximate surface area is 122 Å². The Bertz CT molecular complexity index is 411. The summed E-state index contributed by atoms with van der Waals surface area (Å²) in [6.07, 6.45) is 3.03. The van der Waals surface area contributed by atoms with Crippen molar-refractivity contribution < 1.29 is 4.79 Å². The molecule has 1 aliphatic carbocycles. The molecule has 1 atom stereocenters. The highest BCUT2D eigenvalue weighted by atomic mass is 32.2. The molecule has 1 amide bonds. The summed E-state index contributed by atoms with van der Waals surface area (Å²) in [4.78, 5) is 14.6. The van der Waals surface area contributed by atoms with Crippen LogP contribution in [-0.4, -0.2) is 40.9 Å². The maximum Gasteiger partial charge on any atom is 0.224 e. The lowest BCUT2D eigenvalue weighted by molar-refractivity contribution is -0.132. The fourth-order valence-electron chi connectivity index (χ4n) is 2.47. The molecule has 1 aromatic heterocycles. The maximum atomic E-state index is 12.5. The van der Waals surface area contributed by atoms with E-state index in [-0.39, 0.29) is 0 Å². The van der Waals surface area contributed by atoms with E-state index < -0.39 is 0 Å². The first-order valence-corrected chi connectivity index (χ1v) is 9.04. The second kappa shape index (κ2) is 6.29. The number of hydrogen-bond donors (Lipinski definition) is 1. The molecular formula is C14H20N2OS2. The van der Waals surface area contributed by atoms with Gasteiger partial charge in [-0.15, -0.1) is 0 Å². The Morgan fingerprint density at radius 2 is 2.37 bits per heavy atom. The molecule has 0 aromatic carbocycles. The third kappa shape index (κ3) is 3.74. The van der Waals surface area contributed by atoms with Crippen molar-refractivity contribution in [1.29, 1.82) is 0 Å². The molecule has 3 nitrogen and oxygen atoms in total. The second-order valence-electron chi connectivity index (χ2n) is 5.31. The molecule has 1 saturated carbocycles. The van der Waals surface area contributed by atoms with Gasteiger partial charge in [-0.2, -0.15) is 23.1 Å². The smallest absolute Gasteiger partial charge is 0.224 e. The van der Waals surface area contributed by atoms with E-state index in [0.717, 1.165) is 18.8 Å². The van der Waals surface area contributed by atoms with Crippen molar-refractivity contribution in [3.8, 4) is 0 Å². The lowest BCUT2D eigenvalue weighted by Crippen LogP contribution is -2.43. The molecule has 2 aliphatic rings. The number of thiophene rings is 1. The minimum absolute atomic E-state index is 0.328. The van der Waals surface area contributed by atoms with Crippen molar-refractivity contribution in [2.45, 2.75) is 37.9 Å². The topological polar surface area (TPSA) is 32.3 Å². The fraction of sp³-hybridized carbons (Fsp3) is 0.643. The molecule has 1 saturated heterocycles. The summed E-state index contributed by atoms with van der Waals surface area (Å²) >= 11 is 3.66. The van der Waals surface area contributed by atoms with E-state index in [1.807, 2.05) is 11.8 Å². The Hall–Kier alpha value is -0.520. The van der Waals surface area contributed by atoms with Crippen molar-refractivity contribution in [3.63, 3.8) is 0 Å². The zero-order valence-corrected chi connectivity index (χ0v) is 12.6. The lowest BCUT2D eigenvalue weighted by atomic mass is 10.2. The van der Waals surface area contributed by atoms with Crippen LogP contribution in [0.4, 0.5) is 0 Å². The number of hydrogen-bond acceptors (Lipinski definition) is 4. The van der Waals surface area contributed by atoms with Crippen LogP contribution >= 0.6 is 23.1 Å². The van der Waals surface area contributed by atoms with Gasteiger partial charge >= 0.3 is 0 Å². The molecule has 0 unspecified atom stereocenters. The van der Waals surface area contributed by atoms with Crippen molar-refractivity contribution in [3.05, 3.63) is 22.4 Å². The Balaban J connectivity index is 1.57. The summed E-state index contributed by atoms with van der Waals surface area (Å²) in [6.45, 7) is 1.84. The quantitative estimate of drug-likeness (QED) is 0.905. The highest BCUT2D eigenvalue weighted by Crippen LogP contribution is 2.29. The number of nitrogens with one attached hydrogen (secondary N) is 1. The van der Waals surface area contributed by atoms with Crippen LogP contribution in [0.25, 0.3) is 0 Å². The number of amides is 1. The zero-order valence-electron chi connectivity index (χ0n) is 11.0. The van der Waals surface area contributed by atoms with Gasteiger partial charge in [0.25, 0.3) is 0 Å². The van der Waals surface area contributed by atoms with Gasteiger partial charge in [0.2, 0.25) is 5.91 Å². The van der Waals surface area contributed by atoms with Crippen LogP contribution in [-0.2, 0) is 11.3 Å². The largest absolute Gasteiger partial charge is 0.335 e. The molecule has 2 fully saturated rings. The van der Waals surface area contributed by atoms with E-state index in [2.05, 4.69) is 27.0 Å². The minimum atomic E-state index is 0.328. The van der Waals surface area contributed by atoms with Gasteiger partial charge in [0.05, 0.1) is 0 Å². The number of carbonyl (C=O) groups excluding carboxylic acids is 1. The van der Waals surface area contributed by atoms with Crippen molar-refractivity contribution in [2.75, 3.05) is 18.1 Å². The van der Waals surface area contributed by atoms with Crippen LogP contribution in [0.5, 0.6) is 0 Å². The maximum absolute atomic E-state index is 12.5. The summed E-state index contributed by atoms with van der Waals surface area (Å²) in [7, 11) is 0. The fourth-order valence-corrected chi connectivity index (χ4v) is 4.07. The van der Waals surface area contributed by atoms with Gasteiger partial charge in [-0.25, -0.2) is 0 Å². The first-order valence-electron chi connectivity index (χ1n) is 6.94. The molecule has 1 aliphatic heterocycles. The van der Waals surface area contributed by atoms with Gasteiger partial charge in [0, 0.05) is 43.1 Å². The van der Waals surface area contributed by atoms with Gasteiger partial charge < -0.3 is 10.2 Å². The molecule has 0 radical (unpaired) electrons. The van der Waals surface area contributed by atoms with E-state index in [1.54, 1.807) is 11.3 Å². The highest BCUT2D eigenvalue weighted by Gasteiger charge is 2.33. The molecule has 1 aromatic rings. The average Bonchev–Trinajstić information content (AvgIpc) is 3.14. The van der Waals surface area contributed by atoms with Crippen molar-refractivity contribution >= 4 is 29.0 Å². The number of thioether (sulfide) groups is 1. The number of rotatable bonds is 5. The lowest BCUT2D eigenvalue weighted by Gasteiger charge is -2.27. The minimum Gasteiger partial charge on any atom is -0.335 e. The molecule has 0 spiro atoms. The van der Waals surface area contributed by atoms with Gasteiger partial charge in [0.15, 0.2) is 0 Å². The average molecular weight is 296 g/mol. The Morgan fingerprint density at radius 1 is 1.47 bits per heavy atom. The molecule has 5 heteroatoms. The SMILES string of the molecule is O=C(C[C@H]1CSCCN1)N(Cc1ccsc1)C1CC1. The first-order chi connectivity index (χ1) is 9.33. The highest BCUT2D eigenvalue weighted by molar-refractivity contribution is 7.99. The monoisotopic (exact) mass is 296 g/mol.